The molecule has 2 atom stereocenters. The van der Waals surface area contributed by atoms with Crippen LogP contribution in [0.4, 0.5) is 0 Å². The number of nitrogens with zero attached hydrogens (tertiary/aromatic N) is 1. The van der Waals surface area contributed by atoms with E-state index in [-0.39, 0.29) is 12.1 Å². The Kier molecular flexibility index (Phi) is 3.61. The van der Waals surface area contributed by atoms with Crippen molar-refractivity contribution in [3.05, 3.63) is 29.8 Å². The summed E-state index contributed by atoms with van der Waals surface area (Å²) in [5.41, 5.74) is 4.32. The number of hydrazine groups is 1. The van der Waals surface area contributed by atoms with Gasteiger partial charge >= 0.3 is 5.97 Å². The molecule has 1 aliphatic rings. The van der Waals surface area contributed by atoms with Crippen LogP contribution in [0.15, 0.2) is 24.3 Å². The van der Waals surface area contributed by atoms with E-state index in [2.05, 4.69) is 10.2 Å². The van der Waals surface area contributed by atoms with E-state index in [1.807, 2.05) is 29.3 Å². The first kappa shape index (κ1) is 11.9. The van der Waals surface area contributed by atoms with Crippen molar-refractivity contribution in [2.45, 2.75) is 12.6 Å². The van der Waals surface area contributed by atoms with Gasteiger partial charge in [0.05, 0.1) is 20.6 Å². The van der Waals surface area contributed by atoms with Crippen molar-refractivity contribution in [3.63, 3.8) is 0 Å². The van der Waals surface area contributed by atoms with Gasteiger partial charge in [-0.15, -0.1) is 0 Å². The summed E-state index contributed by atoms with van der Waals surface area (Å²) in [5, 5.41) is 1.99. The third kappa shape index (κ3) is 2.95. The summed E-state index contributed by atoms with van der Waals surface area (Å²) in [4.78, 5) is 11.0. The summed E-state index contributed by atoms with van der Waals surface area (Å²) in [5.74, 6) is 0.646. The fourth-order valence-corrected chi connectivity index (χ4v) is 1.70. The van der Waals surface area contributed by atoms with Crippen LogP contribution in [0.2, 0.25) is 0 Å². The number of benzene rings is 1. The molecule has 1 aliphatic heterocycles. The number of hydrogen-bond donors (Lipinski definition) is 1. The Morgan fingerprint density at radius 2 is 2.29 bits per heavy atom. The smallest absolute Gasteiger partial charge is 0.306 e. The molecule has 0 saturated carbocycles. The van der Waals surface area contributed by atoms with E-state index in [0.29, 0.717) is 13.0 Å². The average Bonchev–Trinajstić information content (AvgIpc) is 3.15. The van der Waals surface area contributed by atoms with Crippen LogP contribution in [0.1, 0.15) is 18.2 Å². The van der Waals surface area contributed by atoms with Crippen LogP contribution < -0.4 is 10.2 Å². The fraction of sp³-hybridized carbons (Fsp3) is 0.417. The van der Waals surface area contributed by atoms with Crippen molar-refractivity contribution in [1.29, 1.82) is 0 Å². The quantitative estimate of drug-likeness (QED) is 0.612. The monoisotopic (exact) mass is 236 g/mol. The van der Waals surface area contributed by atoms with Crippen LogP contribution >= 0.6 is 0 Å². The number of hydrogen-bond acceptors (Lipinski definition) is 5. The Balaban J connectivity index is 1.87. The number of ether oxygens (including phenoxy) is 2. The molecular formula is C12H16N2O3. The number of esters is 1. The van der Waals surface area contributed by atoms with E-state index in [0.717, 1.165) is 11.3 Å². The maximum Gasteiger partial charge on any atom is 0.306 e. The SMILES string of the molecule is COC(=O)CCN1NC1c1cccc(OC)c1. The second-order valence-corrected chi connectivity index (χ2v) is 3.83. The highest BCUT2D eigenvalue weighted by molar-refractivity contribution is 5.69. The largest absolute Gasteiger partial charge is 0.497 e. The Bertz CT molecular complexity index is 408. The van der Waals surface area contributed by atoms with E-state index < -0.39 is 0 Å². The lowest BCUT2D eigenvalue weighted by Crippen LogP contribution is -2.10. The van der Waals surface area contributed by atoms with Gasteiger partial charge in [0.1, 0.15) is 11.9 Å². The van der Waals surface area contributed by atoms with E-state index >= 15 is 0 Å². The first-order valence-electron chi connectivity index (χ1n) is 5.48. The zero-order valence-corrected chi connectivity index (χ0v) is 9.97. The fourth-order valence-electron chi connectivity index (χ4n) is 1.70. The zero-order chi connectivity index (χ0) is 12.3. The number of carbonyl (C=O) groups excluding carboxylic acids is 1. The number of methoxy groups -OCH3 is 2. The van der Waals surface area contributed by atoms with Crippen LogP contribution in [-0.4, -0.2) is 31.7 Å². The van der Waals surface area contributed by atoms with E-state index in [4.69, 9.17) is 4.74 Å². The third-order valence-electron chi connectivity index (χ3n) is 2.73. The Labute approximate surface area is 100 Å². The lowest BCUT2D eigenvalue weighted by molar-refractivity contribution is -0.140. The Morgan fingerprint density at radius 3 is 3.00 bits per heavy atom. The molecule has 0 aromatic heterocycles. The highest BCUT2D eigenvalue weighted by Gasteiger charge is 2.34. The van der Waals surface area contributed by atoms with Crippen molar-refractivity contribution < 1.29 is 14.3 Å². The second-order valence-electron chi connectivity index (χ2n) is 3.83. The van der Waals surface area contributed by atoms with Gasteiger partial charge in [0.2, 0.25) is 0 Å². The predicted molar refractivity (Wildman–Crippen MR) is 62.2 cm³/mol. The van der Waals surface area contributed by atoms with Gasteiger partial charge in [0.25, 0.3) is 0 Å². The molecule has 0 radical (unpaired) electrons. The molecule has 2 unspecified atom stereocenters. The molecule has 17 heavy (non-hydrogen) atoms. The molecule has 1 aromatic rings. The van der Waals surface area contributed by atoms with Crippen molar-refractivity contribution in [2.24, 2.45) is 0 Å². The minimum absolute atomic E-state index is 0.176. The molecule has 1 saturated heterocycles. The van der Waals surface area contributed by atoms with Crippen LogP contribution in [0.3, 0.4) is 0 Å². The van der Waals surface area contributed by atoms with Crippen molar-refractivity contribution in [3.8, 4) is 5.75 Å². The second kappa shape index (κ2) is 5.16. The molecule has 5 nitrogen and oxygen atoms in total. The van der Waals surface area contributed by atoms with Gasteiger partial charge in [0, 0.05) is 6.54 Å². The number of carbonyl (C=O) groups is 1. The van der Waals surface area contributed by atoms with Gasteiger partial charge in [-0.25, -0.2) is 10.4 Å². The Hall–Kier alpha value is -1.59. The summed E-state index contributed by atoms with van der Waals surface area (Å²) in [6.07, 6.45) is 0.569. The topological polar surface area (TPSA) is 60.5 Å². The van der Waals surface area contributed by atoms with Crippen molar-refractivity contribution in [1.82, 2.24) is 10.4 Å². The summed E-state index contributed by atoms with van der Waals surface area (Å²) in [6, 6.07) is 7.87. The molecule has 1 N–H and O–H groups in total. The molecule has 0 aliphatic carbocycles. The number of nitrogens with one attached hydrogen (secondary N) is 1. The Morgan fingerprint density at radius 1 is 1.47 bits per heavy atom. The normalized spacial score (nSPS) is 22.0. The van der Waals surface area contributed by atoms with Crippen LogP contribution in [0, 0.1) is 0 Å². The van der Waals surface area contributed by atoms with Crippen LogP contribution in [0.5, 0.6) is 5.75 Å². The predicted octanol–water partition coefficient (Wildman–Crippen LogP) is 1.08. The van der Waals surface area contributed by atoms with E-state index in [1.54, 1.807) is 7.11 Å². The number of rotatable bonds is 5. The summed E-state index contributed by atoms with van der Waals surface area (Å²) < 4.78 is 9.76. The molecule has 1 heterocycles. The maximum absolute atomic E-state index is 11.0. The first-order valence-corrected chi connectivity index (χ1v) is 5.48. The highest BCUT2D eigenvalue weighted by Crippen LogP contribution is 2.30. The zero-order valence-electron chi connectivity index (χ0n) is 9.97. The molecule has 92 valence electrons. The molecule has 1 fully saturated rings. The van der Waals surface area contributed by atoms with E-state index in [1.165, 1.54) is 7.11 Å². The van der Waals surface area contributed by atoms with Gasteiger partial charge in [0.15, 0.2) is 0 Å². The lowest BCUT2D eigenvalue weighted by Gasteiger charge is -2.03. The summed E-state index contributed by atoms with van der Waals surface area (Å²) in [7, 11) is 3.05. The summed E-state index contributed by atoms with van der Waals surface area (Å²) in [6.45, 7) is 0.647. The average molecular weight is 236 g/mol. The molecule has 0 amide bonds. The van der Waals surface area contributed by atoms with Gasteiger partial charge in [-0.3, -0.25) is 4.79 Å². The molecule has 0 bridgehead atoms. The molecule has 1 aromatic carbocycles. The van der Waals surface area contributed by atoms with Crippen molar-refractivity contribution in [2.75, 3.05) is 20.8 Å². The van der Waals surface area contributed by atoms with Crippen LogP contribution in [-0.2, 0) is 9.53 Å². The maximum atomic E-state index is 11.0. The standard InChI is InChI=1S/C12H16N2O3/c1-16-10-5-3-4-9(8-10)12-13-14(12)7-6-11(15)17-2/h3-5,8,12-13H,6-7H2,1-2H3. The van der Waals surface area contributed by atoms with Gasteiger partial charge < -0.3 is 9.47 Å². The van der Waals surface area contributed by atoms with E-state index in [9.17, 15) is 4.79 Å². The first-order chi connectivity index (χ1) is 8.24. The molecule has 0 spiro atoms. The summed E-state index contributed by atoms with van der Waals surface area (Å²) >= 11 is 0. The molecular weight excluding hydrogens is 220 g/mol. The minimum atomic E-state index is -0.192. The van der Waals surface area contributed by atoms with Crippen LogP contribution in [0.25, 0.3) is 0 Å². The minimum Gasteiger partial charge on any atom is -0.497 e. The van der Waals surface area contributed by atoms with Gasteiger partial charge in [-0.2, -0.15) is 0 Å². The van der Waals surface area contributed by atoms with Gasteiger partial charge in [-0.05, 0) is 17.7 Å². The molecule has 2 rings (SSSR count). The van der Waals surface area contributed by atoms with Gasteiger partial charge in [-0.1, -0.05) is 12.1 Å². The molecule has 5 heteroatoms. The van der Waals surface area contributed by atoms with Crippen molar-refractivity contribution >= 4 is 5.97 Å². The lowest BCUT2D eigenvalue weighted by atomic mass is 10.2. The third-order valence-corrected chi connectivity index (χ3v) is 2.73. The highest BCUT2D eigenvalue weighted by atomic mass is 16.5.